The Labute approximate surface area is 106 Å². The van der Waals surface area contributed by atoms with Gasteiger partial charge in [-0.1, -0.05) is 6.92 Å². The highest BCUT2D eigenvalue weighted by Crippen LogP contribution is 2.14. The van der Waals surface area contributed by atoms with Crippen LogP contribution in [0.3, 0.4) is 0 Å². The van der Waals surface area contributed by atoms with Crippen LogP contribution < -0.4 is 4.90 Å². The van der Waals surface area contributed by atoms with Crippen molar-refractivity contribution in [2.45, 2.75) is 33.1 Å². The van der Waals surface area contributed by atoms with E-state index in [0.29, 0.717) is 12.2 Å². The molecular weight excluding hydrogens is 232 g/mol. The van der Waals surface area contributed by atoms with Crippen LogP contribution in [-0.4, -0.2) is 28.5 Å². The molecule has 0 aliphatic rings. The molecule has 0 atom stereocenters. The molecule has 0 spiro atoms. The molecule has 1 aromatic rings. The number of carboxylic acid groups (broad SMARTS) is 1. The van der Waals surface area contributed by atoms with Crippen molar-refractivity contribution in [3.05, 3.63) is 23.9 Å². The Bertz CT molecular complexity index is 432. The number of carbonyl (C=O) groups is 2. The maximum Gasteiger partial charge on any atom is 0.305 e. The lowest BCUT2D eigenvalue weighted by molar-refractivity contribution is -0.136. The number of aryl methyl sites for hydroxylation is 1. The number of hydrogen-bond acceptors (Lipinski definition) is 3. The number of anilines is 1. The quantitative estimate of drug-likeness (QED) is 0.838. The fourth-order valence-electron chi connectivity index (χ4n) is 1.59. The first kappa shape index (κ1) is 14.2. The maximum absolute atomic E-state index is 12.0. The van der Waals surface area contributed by atoms with Crippen molar-refractivity contribution in [2.24, 2.45) is 0 Å². The Balaban J connectivity index is 2.88. The Morgan fingerprint density at radius 2 is 2.11 bits per heavy atom. The van der Waals surface area contributed by atoms with Gasteiger partial charge in [0.15, 0.2) is 0 Å². The predicted molar refractivity (Wildman–Crippen MR) is 68.5 cm³/mol. The minimum absolute atomic E-state index is 0.0783. The van der Waals surface area contributed by atoms with Crippen LogP contribution in [-0.2, 0) is 9.59 Å². The molecule has 1 N–H and O–H groups in total. The number of carboxylic acids is 1. The van der Waals surface area contributed by atoms with Crippen LogP contribution in [0.2, 0.25) is 0 Å². The van der Waals surface area contributed by atoms with Crippen LogP contribution in [0, 0.1) is 6.92 Å². The summed E-state index contributed by atoms with van der Waals surface area (Å²) in [6, 6.07) is 3.62. The molecule has 0 fully saturated rings. The lowest BCUT2D eigenvalue weighted by Crippen LogP contribution is -2.33. The zero-order chi connectivity index (χ0) is 13.5. The molecule has 1 heterocycles. The number of nitrogens with zero attached hydrogens (tertiary/aromatic N) is 2. The van der Waals surface area contributed by atoms with Crippen molar-refractivity contribution in [1.29, 1.82) is 0 Å². The van der Waals surface area contributed by atoms with Gasteiger partial charge in [-0.15, -0.1) is 0 Å². The van der Waals surface area contributed by atoms with Gasteiger partial charge in [0.1, 0.15) is 5.82 Å². The number of pyridine rings is 1. The number of aliphatic carboxylic acids is 1. The Hall–Kier alpha value is -1.91. The van der Waals surface area contributed by atoms with E-state index in [0.717, 1.165) is 12.0 Å². The summed E-state index contributed by atoms with van der Waals surface area (Å²) in [7, 11) is 0. The topological polar surface area (TPSA) is 70.5 Å². The minimum atomic E-state index is -0.919. The molecule has 0 aliphatic carbocycles. The van der Waals surface area contributed by atoms with Crippen LogP contribution in [0.15, 0.2) is 18.3 Å². The molecule has 5 heteroatoms. The summed E-state index contributed by atoms with van der Waals surface area (Å²) in [4.78, 5) is 28.2. The first-order valence-electron chi connectivity index (χ1n) is 5.99. The Morgan fingerprint density at radius 1 is 1.39 bits per heavy atom. The normalized spacial score (nSPS) is 10.1. The zero-order valence-electron chi connectivity index (χ0n) is 10.7. The van der Waals surface area contributed by atoms with E-state index in [-0.39, 0.29) is 18.9 Å². The lowest BCUT2D eigenvalue weighted by atomic mass is 10.2. The van der Waals surface area contributed by atoms with Gasteiger partial charge in [-0.25, -0.2) is 4.98 Å². The molecule has 1 amide bonds. The molecule has 0 bridgehead atoms. The van der Waals surface area contributed by atoms with Gasteiger partial charge in [-0.05, 0) is 31.0 Å². The second kappa shape index (κ2) is 6.74. The highest BCUT2D eigenvalue weighted by molar-refractivity contribution is 5.92. The monoisotopic (exact) mass is 250 g/mol. The minimum Gasteiger partial charge on any atom is -0.481 e. The van der Waals surface area contributed by atoms with E-state index < -0.39 is 5.97 Å². The van der Waals surface area contributed by atoms with Crippen LogP contribution in [0.1, 0.15) is 31.7 Å². The highest BCUT2D eigenvalue weighted by Gasteiger charge is 2.17. The molecule has 0 aliphatic heterocycles. The lowest BCUT2D eigenvalue weighted by Gasteiger charge is -2.21. The summed E-state index contributed by atoms with van der Waals surface area (Å²) in [6.07, 6.45) is 2.67. The van der Waals surface area contributed by atoms with Gasteiger partial charge >= 0.3 is 5.97 Å². The standard InChI is InChI=1S/C13H18N2O3/c1-3-4-12(16)15(8-6-13(17)18)11-9-10(2)5-7-14-11/h5,7,9H,3-4,6,8H2,1-2H3,(H,17,18). The largest absolute Gasteiger partial charge is 0.481 e. The average Bonchev–Trinajstić information content (AvgIpc) is 2.29. The fraction of sp³-hybridized carbons (Fsp3) is 0.462. The molecule has 0 aromatic carbocycles. The second-order valence-corrected chi connectivity index (χ2v) is 4.13. The van der Waals surface area contributed by atoms with Crippen LogP contribution >= 0.6 is 0 Å². The summed E-state index contributed by atoms with van der Waals surface area (Å²) >= 11 is 0. The Morgan fingerprint density at radius 3 is 2.67 bits per heavy atom. The first-order valence-corrected chi connectivity index (χ1v) is 5.99. The number of aromatic nitrogens is 1. The van der Waals surface area contributed by atoms with Crippen molar-refractivity contribution in [3.8, 4) is 0 Å². The molecule has 0 saturated carbocycles. The van der Waals surface area contributed by atoms with Gasteiger partial charge in [0.2, 0.25) is 5.91 Å². The van der Waals surface area contributed by atoms with Crippen LogP contribution in [0.5, 0.6) is 0 Å². The van der Waals surface area contributed by atoms with Gasteiger partial charge in [0.25, 0.3) is 0 Å². The number of rotatable bonds is 6. The van der Waals surface area contributed by atoms with E-state index in [1.54, 1.807) is 12.3 Å². The summed E-state index contributed by atoms with van der Waals surface area (Å²) in [5, 5.41) is 8.72. The summed E-state index contributed by atoms with van der Waals surface area (Å²) in [6.45, 7) is 3.98. The predicted octanol–water partition coefficient (Wildman–Crippen LogP) is 2.00. The van der Waals surface area contributed by atoms with Gasteiger partial charge < -0.3 is 5.11 Å². The first-order chi connectivity index (χ1) is 8.54. The average molecular weight is 250 g/mol. The number of carbonyl (C=O) groups excluding carboxylic acids is 1. The van der Waals surface area contributed by atoms with Crippen molar-refractivity contribution in [2.75, 3.05) is 11.4 Å². The van der Waals surface area contributed by atoms with Gasteiger partial charge in [-0.2, -0.15) is 0 Å². The molecule has 98 valence electrons. The molecule has 0 radical (unpaired) electrons. The van der Waals surface area contributed by atoms with Crippen molar-refractivity contribution in [1.82, 2.24) is 4.98 Å². The number of hydrogen-bond donors (Lipinski definition) is 1. The van der Waals surface area contributed by atoms with E-state index >= 15 is 0 Å². The third-order valence-electron chi connectivity index (χ3n) is 2.49. The number of amides is 1. The van der Waals surface area contributed by atoms with Gasteiger partial charge in [-0.3, -0.25) is 14.5 Å². The second-order valence-electron chi connectivity index (χ2n) is 4.13. The molecule has 18 heavy (non-hydrogen) atoms. The molecule has 0 saturated heterocycles. The highest BCUT2D eigenvalue weighted by atomic mass is 16.4. The third kappa shape index (κ3) is 4.16. The van der Waals surface area contributed by atoms with Crippen LogP contribution in [0.4, 0.5) is 5.82 Å². The van der Waals surface area contributed by atoms with Crippen molar-refractivity contribution in [3.63, 3.8) is 0 Å². The van der Waals surface area contributed by atoms with Gasteiger partial charge in [0.05, 0.1) is 6.42 Å². The Kier molecular flexibility index (Phi) is 5.30. The van der Waals surface area contributed by atoms with Crippen molar-refractivity contribution >= 4 is 17.7 Å². The van der Waals surface area contributed by atoms with E-state index in [1.807, 2.05) is 19.9 Å². The van der Waals surface area contributed by atoms with Crippen molar-refractivity contribution < 1.29 is 14.7 Å². The van der Waals surface area contributed by atoms with Crippen LogP contribution in [0.25, 0.3) is 0 Å². The molecule has 1 rings (SSSR count). The zero-order valence-corrected chi connectivity index (χ0v) is 10.7. The van der Waals surface area contributed by atoms with Gasteiger partial charge in [0, 0.05) is 19.2 Å². The van der Waals surface area contributed by atoms with E-state index in [1.165, 1.54) is 4.90 Å². The fourth-order valence-corrected chi connectivity index (χ4v) is 1.59. The maximum atomic E-state index is 12.0. The summed E-state index contributed by atoms with van der Waals surface area (Å²) < 4.78 is 0. The van der Waals surface area contributed by atoms with E-state index in [9.17, 15) is 9.59 Å². The molecule has 0 unspecified atom stereocenters. The molecular formula is C13H18N2O3. The third-order valence-corrected chi connectivity index (χ3v) is 2.49. The molecule has 5 nitrogen and oxygen atoms in total. The van der Waals surface area contributed by atoms with E-state index in [2.05, 4.69) is 4.98 Å². The summed E-state index contributed by atoms with van der Waals surface area (Å²) in [5.41, 5.74) is 0.990. The smallest absolute Gasteiger partial charge is 0.305 e. The van der Waals surface area contributed by atoms with E-state index in [4.69, 9.17) is 5.11 Å². The molecule has 1 aromatic heterocycles. The SMILES string of the molecule is CCCC(=O)N(CCC(=O)O)c1cc(C)ccn1. The summed E-state index contributed by atoms with van der Waals surface area (Å²) in [5.74, 6) is -0.483.